The average Bonchev–Trinajstić information content (AvgIpc) is 3.15. The van der Waals surface area contributed by atoms with Crippen molar-refractivity contribution in [2.24, 2.45) is 10.8 Å². The highest BCUT2D eigenvalue weighted by Gasteiger charge is 2.37. The summed E-state index contributed by atoms with van der Waals surface area (Å²) < 4.78 is 6.06. The molecule has 0 amide bonds. The first-order valence-corrected chi connectivity index (χ1v) is 11.4. The normalized spacial score (nSPS) is 18.1. The number of hydrogen-bond acceptors (Lipinski definition) is 2. The van der Waals surface area contributed by atoms with E-state index in [1.165, 1.54) is 18.4 Å². The van der Waals surface area contributed by atoms with Crippen molar-refractivity contribution < 1.29 is 9.53 Å². The highest BCUT2D eigenvalue weighted by atomic mass is 16.6. The van der Waals surface area contributed by atoms with Crippen LogP contribution in [0.1, 0.15) is 122 Å². The van der Waals surface area contributed by atoms with Crippen LogP contribution in [0, 0.1) is 10.8 Å². The number of benzene rings is 1. The fourth-order valence-electron chi connectivity index (χ4n) is 4.47. The minimum absolute atomic E-state index is 0.145. The molecule has 0 aliphatic heterocycles. The Morgan fingerprint density at radius 3 is 2.25 bits per heavy atom. The quantitative estimate of drug-likeness (QED) is 0.403. The molecule has 0 saturated heterocycles. The van der Waals surface area contributed by atoms with E-state index in [1.54, 1.807) is 0 Å². The second kappa shape index (κ2) is 9.01. The predicted octanol–water partition coefficient (Wildman–Crippen LogP) is 7.91. The molecule has 0 radical (unpaired) electrons. The molecule has 2 nitrogen and oxygen atoms in total. The van der Waals surface area contributed by atoms with Crippen molar-refractivity contribution in [1.82, 2.24) is 0 Å². The molecule has 1 atom stereocenters. The zero-order chi connectivity index (χ0) is 21.0. The lowest BCUT2D eigenvalue weighted by Crippen LogP contribution is -2.31. The first kappa shape index (κ1) is 23.0. The van der Waals surface area contributed by atoms with Gasteiger partial charge in [0.05, 0.1) is 5.56 Å². The predicted molar refractivity (Wildman–Crippen MR) is 119 cm³/mol. The van der Waals surface area contributed by atoms with E-state index in [2.05, 4.69) is 60.6 Å². The maximum atomic E-state index is 13.0. The number of rotatable bonds is 9. The Kier molecular flexibility index (Phi) is 7.39. The van der Waals surface area contributed by atoms with Crippen LogP contribution in [0.4, 0.5) is 0 Å². The Morgan fingerprint density at radius 2 is 1.71 bits per heavy atom. The van der Waals surface area contributed by atoms with Crippen molar-refractivity contribution in [3.8, 4) is 0 Å². The van der Waals surface area contributed by atoms with Gasteiger partial charge in [0, 0.05) is 0 Å². The second-order valence-electron chi connectivity index (χ2n) is 10.4. The first-order valence-electron chi connectivity index (χ1n) is 11.4. The number of esters is 1. The van der Waals surface area contributed by atoms with Crippen LogP contribution in [-0.4, -0.2) is 11.6 Å². The number of ether oxygens (including phenoxy) is 1. The molecule has 1 aromatic carbocycles. The van der Waals surface area contributed by atoms with Gasteiger partial charge >= 0.3 is 5.97 Å². The monoisotopic (exact) mass is 386 g/mol. The summed E-state index contributed by atoms with van der Waals surface area (Å²) in [5.74, 6) is 0.278. The summed E-state index contributed by atoms with van der Waals surface area (Å²) in [5.41, 5.74) is 2.22. The summed E-state index contributed by atoms with van der Waals surface area (Å²) in [4.78, 5) is 13.0. The Labute approximate surface area is 173 Å². The molecule has 0 N–H and O–H groups in total. The molecule has 1 aliphatic rings. The molecule has 1 unspecified atom stereocenters. The molecular weight excluding hydrogens is 344 g/mol. The largest absolute Gasteiger partial charge is 0.455 e. The Hall–Kier alpha value is -1.31. The van der Waals surface area contributed by atoms with Gasteiger partial charge in [-0.05, 0) is 73.0 Å². The lowest BCUT2D eigenvalue weighted by molar-refractivity contribution is -0.0172. The van der Waals surface area contributed by atoms with Gasteiger partial charge in [-0.1, -0.05) is 73.4 Å². The second-order valence-corrected chi connectivity index (χ2v) is 10.4. The van der Waals surface area contributed by atoms with E-state index < -0.39 is 0 Å². The minimum atomic E-state index is -0.237. The van der Waals surface area contributed by atoms with Crippen molar-refractivity contribution >= 4 is 5.97 Å². The molecular formula is C26H42O2. The van der Waals surface area contributed by atoms with E-state index in [1.807, 2.05) is 12.1 Å². The first-order chi connectivity index (χ1) is 13.1. The van der Waals surface area contributed by atoms with Gasteiger partial charge in [-0.15, -0.1) is 0 Å². The molecule has 2 rings (SSSR count). The number of carbonyl (C=O) groups excluding carboxylic acids is 1. The smallest absolute Gasteiger partial charge is 0.338 e. The molecule has 158 valence electrons. The van der Waals surface area contributed by atoms with Gasteiger partial charge in [0.15, 0.2) is 0 Å². The van der Waals surface area contributed by atoms with Crippen LogP contribution in [0.2, 0.25) is 0 Å². The highest BCUT2D eigenvalue weighted by molar-refractivity contribution is 5.90. The van der Waals surface area contributed by atoms with Crippen LogP contribution in [0.5, 0.6) is 0 Å². The van der Waals surface area contributed by atoms with Gasteiger partial charge in [0.25, 0.3) is 0 Å². The zero-order valence-corrected chi connectivity index (χ0v) is 19.4. The molecule has 1 saturated carbocycles. The highest BCUT2D eigenvalue weighted by Crippen LogP contribution is 2.46. The number of hydrogen-bond donors (Lipinski definition) is 0. The summed E-state index contributed by atoms with van der Waals surface area (Å²) >= 11 is 0. The maximum absolute atomic E-state index is 13.0. The van der Waals surface area contributed by atoms with Crippen molar-refractivity contribution in [2.45, 2.75) is 111 Å². The molecule has 1 aliphatic carbocycles. The fourth-order valence-corrected chi connectivity index (χ4v) is 4.47. The van der Waals surface area contributed by atoms with Crippen molar-refractivity contribution in [3.05, 3.63) is 35.4 Å². The van der Waals surface area contributed by atoms with Crippen LogP contribution >= 0.6 is 0 Å². The topological polar surface area (TPSA) is 26.3 Å². The molecule has 0 aromatic heterocycles. The van der Waals surface area contributed by atoms with Crippen molar-refractivity contribution in [3.63, 3.8) is 0 Å². The summed E-state index contributed by atoms with van der Waals surface area (Å²) in [6.07, 6.45) is 8.65. The van der Waals surface area contributed by atoms with Gasteiger partial charge in [-0.25, -0.2) is 4.79 Å². The standard InChI is InChI=1S/C26H42O2/c1-8-24(4,5)19-22(25(6,7)9-2)20-14-13-15-21(18-20)23(27)28-26(10-3)16-11-12-17-26/h13-15,18,22H,8-12,16-17,19H2,1-7H3. The third-order valence-corrected chi connectivity index (χ3v) is 7.56. The molecule has 2 heteroatoms. The molecule has 0 bridgehead atoms. The molecule has 28 heavy (non-hydrogen) atoms. The lowest BCUT2D eigenvalue weighted by atomic mass is 9.66. The van der Waals surface area contributed by atoms with Crippen LogP contribution in [0.25, 0.3) is 0 Å². The van der Waals surface area contributed by atoms with Gasteiger partial charge in [0.1, 0.15) is 5.60 Å². The van der Waals surface area contributed by atoms with Gasteiger partial charge in [0.2, 0.25) is 0 Å². The summed E-state index contributed by atoms with van der Waals surface area (Å²) in [6.45, 7) is 16.1. The average molecular weight is 387 g/mol. The summed E-state index contributed by atoms with van der Waals surface area (Å²) in [7, 11) is 0. The van der Waals surface area contributed by atoms with Gasteiger partial charge in [-0.2, -0.15) is 0 Å². The zero-order valence-electron chi connectivity index (χ0n) is 19.4. The Morgan fingerprint density at radius 1 is 1.07 bits per heavy atom. The third kappa shape index (κ3) is 5.39. The summed E-state index contributed by atoms with van der Waals surface area (Å²) in [6, 6.07) is 8.27. The van der Waals surface area contributed by atoms with Crippen molar-refractivity contribution in [1.29, 1.82) is 0 Å². The van der Waals surface area contributed by atoms with Crippen LogP contribution < -0.4 is 0 Å². The molecule has 0 heterocycles. The van der Waals surface area contributed by atoms with Crippen LogP contribution in [0.3, 0.4) is 0 Å². The van der Waals surface area contributed by atoms with E-state index in [-0.39, 0.29) is 22.4 Å². The van der Waals surface area contributed by atoms with Gasteiger partial charge < -0.3 is 4.74 Å². The molecule has 0 spiro atoms. The molecule has 1 fully saturated rings. The van der Waals surface area contributed by atoms with E-state index in [9.17, 15) is 4.79 Å². The Balaban J connectivity index is 2.30. The fraction of sp³-hybridized carbons (Fsp3) is 0.731. The van der Waals surface area contributed by atoms with E-state index in [4.69, 9.17) is 4.74 Å². The van der Waals surface area contributed by atoms with E-state index in [0.717, 1.165) is 38.5 Å². The third-order valence-electron chi connectivity index (χ3n) is 7.56. The van der Waals surface area contributed by atoms with E-state index in [0.29, 0.717) is 11.5 Å². The van der Waals surface area contributed by atoms with Crippen molar-refractivity contribution in [2.75, 3.05) is 0 Å². The van der Waals surface area contributed by atoms with Crippen LogP contribution in [0.15, 0.2) is 24.3 Å². The number of carbonyl (C=O) groups is 1. The Bertz CT molecular complexity index is 650. The SMILES string of the molecule is CCC(C)(C)CC(c1cccc(C(=O)OC2(CC)CCCC2)c1)C(C)(C)CC. The minimum Gasteiger partial charge on any atom is -0.455 e. The molecule has 1 aromatic rings. The van der Waals surface area contributed by atoms with Crippen LogP contribution in [-0.2, 0) is 4.74 Å². The summed E-state index contributed by atoms with van der Waals surface area (Å²) in [5, 5.41) is 0. The lowest BCUT2D eigenvalue weighted by Gasteiger charge is -2.39. The van der Waals surface area contributed by atoms with Gasteiger partial charge in [-0.3, -0.25) is 0 Å². The van der Waals surface area contributed by atoms with E-state index >= 15 is 0 Å². The maximum Gasteiger partial charge on any atom is 0.338 e.